The zero-order valence-corrected chi connectivity index (χ0v) is 11.2. The Morgan fingerprint density at radius 2 is 2.05 bits per heavy atom. The quantitative estimate of drug-likeness (QED) is 0.802. The van der Waals surface area contributed by atoms with E-state index in [2.05, 4.69) is 15.8 Å². The average Bonchev–Trinajstić information content (AvgIpc) is 2.47. The van der Waals surface area contributed by atoms with Gasteiger partial charge in [0.1, 0.15) is 11.8 Å². The highest BCUT2D eigenvalue weighted by Crippen LogP contribution is 2.20. The van der Waals surface area contributed by atoms with Crippen molar-refractivity contribution in [2.45, 2.75) is 13.0 Å². The molecule has 2 amide bonds. The van der Waals surface area contributed by atoms with Gasteiger partial charge in [0.15, 0.2) is 5.71 Å². The predicted molar refractivity (Wildman–Crippen MR) is 71.5 cm³/mol. The molecular formula is C13H15N3O4. The SMILES string of the molecule is CCOC(=O)C1=NNC(=O)NC1c1ccc(OC)cc1. The molecule has 1 aromatic carbocycles. The molecule has 0 radical (unpaired) electrons. The normalized spacial score (nSPS) is 17.6. The number of hydrogen-bond donors (Lipinski definition) is 2. The lowest BCUT2D eigenvalue weighted by Gasteiger charge is -2.23. The summed E-state index contributed by atoms with van der Waals surface area (Å²) in [5.74, 6) is 0.115. The van der Waals surface area contributed by atoms with E-state index in [1.54, 1.807) is 38.3 Å². The Balaban J connectivity index is 2.29. The lowest BCUT2D eigenvalue weighted by molar-refractivity contribution is -0.135. The Kier molecular flexibility index (Phi) is 4.19. The molecule has 1 unspecified atom stereocenters. The van der Waals surface area contributed by atoms with Gasteiger partial charge in [-0.25, -0.2) is 15.0 Å². The Hall–Kier alpha value is -2.57. The molecule has 1 aliphatic heterocycles. The Morgan fingerprint density at radius 1 is 1.35 bits per heavy atom. The molecule has 1 heterocycles. The van der Waals surface area contributed by atoms with Gasteiger partial charge in [0.2, 0.25) is 0 Å². The topological polar surface area (TPSA) is 89.0 Å². The van der Waals surface area contributed by atoms with Crippen LogP contribution >= 0.6 is 0 Å². The fourth-order valence-corrected chi connectivity index (χ4v) is 1.81. The standard InChI is InChI=1S/C13H15N3O4/c1-3-20-12(17)11-10(14-13(18)16-15-11)8-4-6-9(19-2)7-5-8/h4-7,10H,3H2,1-2H3,(H2,14,16,18). The van der Waals surface area contributed by atoms with Crippen molar-refractivity contribution in [3.05, 3.63) is 29.8 Å². The molecule has 0 spiro atoms. The van der Waals surface area contributed by atoms with Crippen molar-refractivity contribution in [2.75, 3.05) is 13.7 Å². The van der Waals surface area contributed by atoms with Gasteiger partial charge in [-0.1, -0.05) is 12.1 Å². The minimum absolute atomic E-state index is 0.108. The fraction of sp³-hybridized carbons (Fsp3) is 0.308. The van der Waals surface area contributed by atoms with E-state index in [0.717, 1.165) is 0 Å². The molecule has 0 bridgehead atoms. The summed E-state index contributed by atoms with van der Waals surface area (Å²) in [6.45, 7) is 1.94. The second-order valence-electron chi connectivity index (χ2n) is 4.01. The van der Waals surface area contributed by atoms with Gasteiger partial charge in [0, 0.05) is 0 Å². The zero-order chi connectivity index (χ0) is 14.5. The smallest absolute Gasteiger partial charge is 0.357 e. The highest BCUT2D eigenvalue weighted by Gasteiger charge is 2.31. The molecule has 0 saturated heterocycles. The summed E-state index contributed by atoms with van der Waals surface area (Å²) in [7, 11) is 1.56. The molecule has 1 atom stereocenters. The molecule has 106 valence electrons. The van der Waals surface area contributed by atoms with Crippen molar-refractivity contribution in [1.29, 1.82) is 0 Å². The maximum absolute atomic E-state index is 11.8. The molecule has 20 heavy (non-hydrogen) atoms. The van der Waals surface area contributed by atoms with Crippen molar-refractivity contribution in [1.82, 2.24) is 10.7 Å². The maximum Gasteiger partial charge on any atom is 0.357 e. The van der Waals surface area contributed by atoms with Crippen molar-refractivity contribution in [2.24, 2.45) is 5.10 Å². The highest BCUT2D eigenvalue weighted by atomic mass is 16.5. The van der Waals surface area contributed by atoms with Crippen LogP contribution in [0.2, 0.25) is 0 Å². The van der Waals surface area contributed by atoms with E-state index in [-0.39, 0.29) is 12.3 Å². The third-order valence-electron chi connectivity index (χ3n) is 2.76. The Labute approximate surface area is 115 Å². The third-order valence-corrected chi connectivity index (χ3v) is 2.76. The Morgan fingerprint density at radius 3 is 2.65 bits per heavy atom. The van der Waals surface area contributed by atoms with Crippen LogP contribution in [0.1, 0.15) is 18.5 Å². The number of rotatable bonds is 4. The maximum atomic E-state index is 11.8. The molecular weight excluding hydrogens is 262 g/mol. The predicted octanol–water partition coefficient (Wildman–Crippen LogP) is 0.968. The molecule has 0 saturated carbocycles. The van der Waals surface area contributed by atoms with Crippen LogP contribution in [0.3, 0.4) is 0 Å². The van der Waals surface area contributed by atoms with Crippen molar-refractivity contribution in [3.8, 4) is 5.75 Å². The monoisotopic (exact) mass is 277 g/mol. The molecule has 1 aliphatic rings. The molecule has 0 aromatic heterocycles. The van der Waals surface area contributed by atoms with Gasteiger partial charge in [-0.2, -0.15) is 5.10 Å². The number of hydrazone groups is 1. The zero-order valence-electron chi connectivity index (χ0n) is 11.2. The minimum atomic E-state index is -0.645. The molecule has 7 heteroatoms. The Bertz CT molecular complexity index is 539. The number of methoxy groups -OCH3 is 1. The highest BCUT2D eigenvalue weighted by molar-refractivity contribution is 6.39. The number of urea groups is 1. The summed E-state index contributed by atoms with van der Waals surface area (Å²) >= 11 is 0. The molecule has 2 N–H and O–H groups in total. The molecule has 2 rings (SSSR count). The third kappa shape index (κ3) is 2.87. The number of benzene rings is 1. The van der Waals surface area contributed by atoms with E-state index in [9.17, 15) is 9.59 Å². The number of amides is 2. The molecule has 7 nitrogen and oxygen atoms in total. The van der Waals surface area contributed by atoms with Crippen LogP contribution in [-0.2, 0) is 9.53 Å². The number of carbonyl (C=O) groups excluding carboxylic acids is 2. The van der Waals surface area contributed by atoms with Gasteiger partial charge >= 0.3 is 12.0 Å². The molecule has 0 fully saturated rings. The summed E-state index contributed by atoms with van der Waals surface area (Å²) in [5, 5.41) is 6.42. The second-order valence-corrected chi connectivity index (χ2v) is 4.01. The van der Waals surface area contributed by atoms with Gasteiger partial charge in [-0.15, -0.1) is 0 Å². The first-order valence-electron chi connectivity index (χ1n) is 6.11. The van der Waals surface area contributed by atoms with E-state index < -0.39 is 18.0 Å². The van der Waals surface area contributed by atoms with Crippen molar-refractivity contribution < 1.29 is 19.1 Å². The first-order valence-corrected chi connectivity index (χ1v) is 6.11. The number of esters is 1. The van der Waals surface area contributed by atoms with E-state index in [4.69, 9.17) is 9.47 Å². The summed E-state index contributed by atoms with van der Waals surface area (Å²) < 4.78 is 10.00. The first kappa shape index (κ1) is 13.9. The summed E-state index contributed by atoms with van der Waals surface area (Å²) in [5.41, 5.74) is 3.03. The second kappa shape index (κ2) is 6.05. The van der Waals surface area contributed by atoms with Crippen LogP contribution in [0.4, 0.5) is 4.79 Å². The van der Waals surface area contributed by atoms with Crippen LogP contribution in [0, 0.1) is 0 Å². The van der Waals surface area contributed by atoms with Crippen molar-refractivity contribution >= 4 is 17.7 Å². The van der Waals surface area contributed by atoms with E-state index in [0.29, 0.717) is 11.3 Å². The number of carbonyl (C=O) groups is 2. The average molecular weight is 277 g/mol. The van der Waals surface area contributed by atoms with Crippen LogP contribution in [0.15, 0.2) is 29.4 Å². The minimum Gasteiger partial charge on any atom is -0.497 e. The summed E-state index contributed by atoms with van der Waals surface area (Å²) in [6, 6.07) is 5.87. The lowest BCUT2D eigenvalue weighted by Crippen LogP contribution is -2.47. The van der Waals surface area contributed by atoms with E-state index in [1.165, 1.54) is 0 Å². The lowest BCUT2D eigenvalue weighted by atomic mass is 10.0. The van der Waals surface area contributed by atoms with Gasteiger partial charge in [0.25, 0.3) is 0 Å². The van der Waals surface area contributed by atoms with Crippen LogP contribution < -0.4 is 15.5 Å². The van der Waals surface area contributed by atoms with Gasteiger partial charge in [-0.3, -0.25) is 0 Å². The number of ether oxygens (including phenoxy) is 2. The van der Waals surface area contributed by atoms with Gasteiger partial charge < -0.3 is 14.8 Å². The van der Waals surface area contributed by atoms with Gasteiger partial charge in [0.05, 0.1) is 13.7 Å². The molecule has 1 aromatic rings. The van der Waals surface area contributed by atoms with E-state index in [1.807, 2.05) is 0 Å². The fourth-order valence-electron chi connectivity index (χ4n) is 1.81. The molecule has 0 aliphatic carbocycles. The largest absolute Gasteiger partial charge is 0.497 e. The van der Waals surface area contributed by atoms with Crippen molar-refractivity contribution in [3.63, 3.8) is 0 Å². The first-order chi connectivity index (χ1) is 9.65. The summed E-state index contributed by atoms with van der Waals surface area (Å²) in [4.78, 5) is 23.2. The number of nitrogens with zero attached hydrogens (tertiary/aromatic N) is 1. The van der Waals surface area contributed by atoms with E-state index >= 15 is 0 Å². The number of nitrogens with one attached hydrogen (secondary N) is 2. The summed E-state index contributed by atoms with van der Waals surface area (Å²) in [6.07, 6.45) is 0. The van der Waals surface area contributed by atoms with Gasteiger partial charge in [-0.05, 0) is 24.6 Å². The van der Waals surface area contributed by atoms with Crippen LogP contribution in [0.5, 0.6) is 5.75 Å². The van der Waals surface area contributed by atoms with Crippen LogP contribution in [0.25, 0.3) is 0 Å². The number of hydrogen-bond acceptors (Lipinski definition) is 5. The van der Waals surface area contributed by atoms with Crippen LogP contribution in [-0.4, -0.2) is 31.4 Å².